The number of rotatable bonds is 5. The molecule has 0 atom stereocenters. The molecule has 0 aliphatic heterocycles. The molecular formula is C14H14N2O4S. The molecule has 0 bridgehead atoms. The van der Waals surface area contributed by atoms with Crippen LogP contribution in [-0.4, -0.2) is 28.7 Å². The molecular weight excluding hydrogens is 292 g/mol. The van der Waals surface area contributed by atoms with Gasteiger partial charge < -0.3 is 9.84 Å². The number of amides is 1. The van der Waals surface area contributed by atoms with Crippen LogP contribution in [0.3, 0.4) is 0 Å². The van der Waals surface area contributed by atoms with Crippen LogP contribution in [0.15, 0.2) is 35.8 Å². The van der Waals surface area contributed by atoms with E-state index in [0.717, 1.165) is 16.9 Å². The SMILES string of the molecule is CCN(C(=O)OCc1ccccc1)c1scnc1C(=O)O. The number of carboxylic acids is 1. The quantitative estimate of drug-likeness (QED) is 0.918. The molecule has 0 saturated carbocycles. The normalized spacial score (nSPS) is 10.1. The highest BCUT2D eigenvalue weighted by Crippen LogP contribution is 2.26. The molecule has 1 aromatic carbocycles. The lowest BCUT2D eigenvalue weighted by Crippen LogP contribution is -2.31. The minimum atomic E-state index is -1.17. The minimum absolute atomic E-state index is 0.136. The Hall–Kier alpha value is -2.41. The number of thiazole rings is 1. The van der Waals surface area contributed by atoms with E-state index in [2.05, 4.69) is 4.98 Å². The highest BCUT2D eigenvalue weighted by Gasteiger charge is 2.24. The maximum absolute atomic E-state index is 12.1. The molecule has 2 rings (SSSR count). The van der Waals surface area contributed by atoms with Gasteiger partial charge in [0.25, 0.3) is 0 Å². The smallest absolute Gasteiger partial charge is 0.415 e. The van der Waals surface area contributed by atoms with Crippen LogP contribution in [0.1, 0.15) is 23.0 Å². The predicted octanol–water partition coefficient (Wildman–Crippen LogP) is 3.00. The number of hydrogen-bond donors (Lipinski definition) is 1. The van der Waals surface area contributed by atoms with Crippen molar-refractivity contribution in [2.45, 2.75) is 13.5 Å². The molecule has 6 nitrogen and oxygen atoms in total. The fourth-order valence-electron chi connectivity index (χ4n) is 1.73. The molecule has 1 N–H and O–H groups in total. The maximum Gasteiger partial charge on any atom is 0.415 e. The van der Waals surface area contributed by atoms with E-state index in [1.807, 2.05) is 30.3 Å². The van der Waals surface area contributed by atoms with Gasteiger partial charge >= 0.3 is 12.1 Å². The summed E-state index contributed by atoms with van der Waals surface area (Å²) in [6, 6.07) is 9.27. The number of carboxylic acid groups (broad SMARTS) is 1. The third kappa shape index (κ3) is 3.57. The Balaban J connectivity index is 2.08. The van der Waals surface area contributed by atoms with Gasteiger partial charge in [-0.05, 0) is 12.5 Å². The van der Waals surface area contributed by atoms with Gasteiger partial charge in [-0.2, -0.15) is 0 Å². The Labute approximate surface area is 125 Å². The molecule has 7 heteroatoms. The largest absolute Gasteiger partial charge is 0.476 e. The summed E-state index contributed by atoms with van der Waals surface area (Å²) in [6.07, 6.45) is -0.590. The number of aromatic carboxylic acids is 1. The Kier molecular flexibility index (Phi) is 4.89. The van der Waals surface area contributed by atoms with Crippen molar-refractivity contribution in [3.05, 3.63) is 47.1 Å². The second-order valence-corrected chi connectivity index (χ2v) is 4.93. The average molecular weight is 306 g/mol. The third-order valence-corrected chi connectivity index (χ3v) is 3.59. The molecule has 0 aliphatic rings. The third-order valence-electron chi connectivity index (χ3n) is 2.74. The van der Waals surface area contributed by atoms with Crippen molar-refractivity contribution in [3.63, 3.8) is 0 Å². The van der Waals surface area contributed by atoms with Crippen LogP contribution < -0.4 is 4.90 Å². The number of ether oxygens (including phenoxy) is 1. The van der Waals surface area contributed by atoms with Crippen LogP contribution in [-0.2, 0) is 11.3 Å². The van der Waals surface area contributed by atoms with E-state index >= 15 is 0 Å². The fourth-order valence-corrected chi connectivity index (χ4v) is 2.57. The first-order chi connectivity index (χ1) is 10.1. The van der Waals surface area contributed by atoms with Crippen LogP contribution in [0, 0.1) is 0 Å². The first-order valence-corrected chi connectivity index (χ1v) is 7.16. The van der Waals surface area contributed by atoms with Crippen molar-refractivity contribution in [3.8, 4) is 0 Å². The lowest BCUT2D eigenvalue weighted by Gasteiger charge is -2.18. The number of anilines is 1. The summed E-state index contributed by atoms with van der Waals surface area (Å²) < 4.78 is 5.21. The standard InChI is InChI=1S/C14H14N2O4S/c1-2-16(12-11(13(17)18)15-9-21-12)14(19)20-8-10-6-4-3-5-7-10/h3-7,9H,2,8H2,1H3,(H,17,18). The first kappa shape index (κ1) is 15.0. The number of carbonyl (C=O) groups is 2. The zero-order valence-electron chi connectivity index (χ0n) is 11.4. The van der Waals surface area contributed by atoms with Crippen LogP contribution in [0.4, 0.5) is 9.80 Å². The number of carbonyl (C=O) groups excluding carboxylic acids is 1. The van der Waals surface area contributed by atoms with Gasteiger partial charge in [0.05, 0.1) is 5.51 Å². The van der Waals surface area contributed by atoms with Gasteiger partial charge in [0.1, 0.15) is 11.6 Å². The molecule has 0 unspecified atom stereocenters. The van der Waals surface area contributed by atoms with Gasteiger partial charge in [0.15, 0.2) is 5.69 Å². The topological polar surface area (TPSA) is 79.7 Å². The van der Waals surface area contributed by atoms with Crippen LogP contribution in [0.25, 0.3) is 0 Å². The monoisotopic (exact) mass is 306 g/mol. The highest BCUT2D eigenvalue weighted by atomic mass is 32.1. The molecule has 1 aromatic heterocycles. The Morgan fingerprint density at radius 3 is 2.67 bits per heavy atom. The van der Waals surface area contributed by atoms with E-state index in [1.54, 1.807) is 6.92 Å². The number of hydrogen-bond acceptors (Lipinski definition) is 5. The average Bonchev–Trinajstić information content (AvgIpc) is 2.96. The van der Waals surface area contributed by atoms with E-state index in [0.29, 0.717) is 6.54 Å². The number of aromatic nitrogens is 1. The summed E-state index contributed by atoms with van der Waals surface area (Å²) in [5, 5.41) is 9.33. The maximum atomic E-state index is 12.1. The summed E-state index contributed by atoms with van der Waals surface area (Å²) in [6.45, 7) is 2.18. The van der Waals surface area contributed by atoms with Gasteiger partial charge in [-0.25, -0.2) is 14.6 Å². The van der Waals surface area contributed by atoms with Gasteiger partial charge in [-0.15, -0.1) is 11.3 Å². The summed E-state index contributed by atoms with van der Waals surface area (Å²) >= 11 is 1.09. The van der Waals surface area contributed by atoms with E-state index in [4.69, 9.17) is 9.84 Å². The molecule has 110 valence electrons. The second kappa shape index (κ2) is 6.85. The van der Waals surface area contributed by atoms with Crippen molar-refractivity contribution >= 4 is 28.4 Å². The van der Waals surface area contributed by atoms with Crippen LogP contribution in [0.5, 0.6) is 0 Å². The Morgan fingerprint density at radius 2 is 2.05 bits per heavy atom. The first-order valence-electron chi connectivity index (χ1n) is 6.28. The molecule has 0 radical (unpaired) electrons. The Morgan fingerprint density at radius 1 is 1.33 bits per heavy atom. The van der Waals surface area contributed by atoms with Crippen LogP contribution >= 0.6 is 11.3 Å². The molecule has 0 saturated heterocycles. The molecule has 0 fully saturated rings. The second-order valence-electron chi connectivity index (χ2n) is 4.10. The molecule has 0 aliphatic carbocycles. The fraction of sp³-hybridized carbons (Fsp3) is 0.214. The van der Waals surface area contributed by atoms with E-state index < -0.39 is 12.1 Å². The lowest BCUT2D eigenvalue weighted by atomic mass is 10.2. The lowest BCUT2D eigenvalue weighted by molar-refractivity contribution is 0.0692. The van der Waals surface area contributed by atoms with Gasteiger partial charge in [-0.3, -0.25) is 4.90 Å². The summed E-state index contributed by atoms with van der Waals surface area (Å²) in [7, 11) is 0. The van der Waals surface area contributed by atoms with Crippen molar-refractivity contribution in [1.82, 2.24) is 4.98 Å². The van der Waals surface area contributed by atoms with Crippen molar-refractivity contribution < 1.29 is 19.4 Å². The van der Waals surface area contributed by atoms with Crippen molar-refractivity contribution in [2.24, 2.45) is 0 Å². The summed E-state index contributed by atoms with van der Waals surface area (Å²) in [5.74, 6) is -1.17. The molecule has 0 spiro atoms. The van der Waals surface area contributed by atoms with E-state index in [9.17, 15) is 9.59 Å². The van der Waals surface area contributed by atoms with Gasteiger partial charge in [-0.1, -0.05) is 30.3 Å². The van der Waals surface area contributed by atoms with Gasteiger partial charge in [0, 0.05) is 6.54 Å². The molecule has 2 aromatic rings. The summed E-state index contributed by atoms with van der Waals surface area (Å²) in [4.78, 5) is 28.2. The minimum Gasteiger partial charge on any atom is -0.476 e. The van der Waals surface area contributed by atoms with Crippen LogP contribution in [0.2, 0.25) is 0 Å². The molecule has 1 amide bonds. The van der Waals surface area contributed by atoms with Crippen molar-refractivity contribution in [2.75, 3.05) is 11.4 Å². The molecule has 1 heterocycles. The zero-order chi connectivity index (χ0) is 15.2. The molecule has 21 heavy (non-hydrogen) atoms. The zero-order valence-corrected chi connectivity index (χ0v) is 12.2. The predicted molar refractivity (Wildman–Crippen MR) is 78.7 cm³/mol. The van der Waals surface area contributed by atoms with Crippen molar-refractivity contribution in [1.29, 1.82) is 0 Å². The number of benzene rings is 1. The highest BCUT2D eigenvalue weighted by molar-refractivity contribution is 7.14. The van der Waals surface area contributed by atoms with Gasteiger partial charge in [0.2, 0.25) is 0 Å². The Bertz CT molecular complexity index is 627. The van der Waals surface area contributed by atoms with E-state index in [1.165, 1.54) is 10.4 Å². The summed E-state index contributed by atoms with van der Waals surface area (Å²) in [5.41, 5.74) is 2.12. The number of nitrogens with zero attached hydrogens (tertiary/aromatic N) is 2. The van der Waals surface area contributed by atoms with E-state index in [-0.39, 0.29) is 17.3 Å².